The third-order valence-electron chi connectivity index (χ3n) is 4.45. The van der Waals surface area contributed by atoms with Crippen molar-refractivity contribution < 1.29 is 17.2 Å². The molecule has 29 heavy (non-hydrogen) atoms. The molecule has 9 heteroatoms. The Bertz CT molecular complexity index is 1060. The number of hydrogen-bond donors (Lipinski definition) is 0. The second kappa shape index (κ2) is 9.06. The van der Waals surface area contributed by atoms with E-state index in [4.69, 9.17) is 4.42 Å². The first-order valence-electron chi connectivity index (χ1n) is 9.21. The Balaban J connectivity index is 1.81. The summed E-state index contributed by atoms with van der Waals surface area (Å²) in [5.41, 5.74) is 1.47. The molecule has 0 unspecified atom stereocenters. The molecule has 0 bridgehead atoms. The van der Waals surface area contributed by atoms with E-state index in [1.165, 1.54) is 28.2 Å². The van der Waals surface area contributed by atoms with E-state index >= 15 is 0 Å². The van der Waals surface area contributed by atoms with Gasteiger partial charge in [0.15, 0.2) is 0 Å². The highest BCUT2D eigenvalue weighted by Gasteiger charge is 2.23. The Labute approximate surface area is 174 Å². The molecule has 0 spiro atoms. The molecule has 0 saturated carbocycles. The van der Waals surface area contributed by atoms with Crippen LogP contribution in [0.3, 0.4) is 0 Å². The molecule has 0 aliphatic carbocycles. The van der Waals surface area contributed by atoms with Crippen LogP contribution in [0, 0.1) is 5.82 Å². The first-order valence-corrected chi connectivity index (χ1v) is 11.5. The maximum absolute atomic E-state index is 13.1. The number of nitrogens with zero attached hydrogens (tertiary/aromatic N) is 3. The molecule has 1 aromatic heterocycles. The Morgan fingerprint density at radius 3 is 2.45 bits per heavy atom. The van der Waals surface area contributed by atoms with Gasteiger partial charge in [-0.3, -0.25) is 0 Å². The van der Waals surface area contributed by atoms with Crippen LogP contribution in [0.15, 0.2) is 63.1 Å². The van der Waals surface area contributed by atoms with Crippen LogP contribution in [0.2, 0.25) is 0 Å². The van der Waals surface area contributed by atoms with Gasteiger partial charge in [-0.25, -0.2) is 12.8 Å². The first kappa shape index (κ1) is 21.5. The zero-order valence-corrected chi connectivity index (χ0v) is 18.0. The number of thioether (sulfide) groups is 1. The van der Waals surface area contributed by atoms with Crippen molar-refractivity contribution in [3.63, 3.8) is 0 Å². The molecular weight excluding hydrogens is 413 g/mol. The standard InChI is InChI=1S/C20H22FN3O3S2/c1-4-24(5-2)29(25,26)18-8-6-7-16(13-18)19-22-23-20(27-19)28-14(3)15-9-11-17(21)12-10-15/h6-14H,4-5H2,1-3H3/t14-/m1/s1. The molecule has 0 aliphatic heterocycles. The molecule has 0 saturated heterocycles. The largest absolute Gasteiger partial charge is 0.411 e. The summed E-state index contributed by atoms with van der Waals surface area (Å²) in [5, 5.41) is 8.44. The molecule has 0 fully saturated rings. The lowest BCUT2D eigenvalue weighted by Gasteiger charge is -2.18. The average molecular weight is 436 g/mol. The first-order chi connectivity index (χ1) is 13.8. The van der Waals surface area contributed by atoms with Gasteiger partial charge in [-0.1, -0.05) is 43.8 Å². The van der Waals surface area contributed by atoms with Gasteiger partial charge >= 0.3 is 0 Å². The second-order valence-electron chi connectivity index (χ2n) is 6.30. The minimum atomic E-state index is -3.58. The molecule has 154 valence electrons. The third-order valence-corrected chi connectivity index (χ3v) is 7.49. The van der Waals surface area contributed by atoms with E-state index in [0.717, 1.165) is 5.56 Å². The highest BCUT2D eigenvalue weighted by molar-refractivity contribution is 7.99. The number of sulfonamides is 1. The number of aromatic nitrogens is 2. The summed E-state index contributed by atoms with van der Waals surface area (Å²) in [4.78, 5) is 0.186. The molecule has 2 aromatic carbocycles. The average Bonchev–Trinajstić information content (AvgIpc) is 3.18. The fourth-order valence-electron chi connectivity index (χ4n) is 2.83. The molecule has 3 aromatic rings. The zero-order valence-electron chi connectivity index (χ0n) is 16.4. The third kappa shape index (κ3) is 4.85. The fourth-order valence-corrected chi connectivity index (χ4v) is 5.14. The summed E-state index contributed by atoms with van der Waals surface area (Å²) >= 11 is 1.35. The lowest BCUT2D eigenvalue weighted by atomic mass is 10.2. The summed E-state index contributed by atoms with van der Waals surface area (Å²) in [6.07, 6.45) is 0. The van der Waals surface area contributed by atoms with Crippen LogP contribution in [0.1, 0.15) is 31.6 Å². The predicted molar refractivity (Wildman–Crippen MR) is 111 cm³/mol. The molecule has 1 heterocycles. The van der Waals surface area contributed by atoms with Crippen molar-refractivity contribution in [3.8, 4) is 11.5 Å². The van der Waals surface area contributed by atoms with Gasteiger partial charge in [-0.2, -0.15) is 4.31 Å². The van der Waals surface area contributed by atoms with E-state index in [1.807, 2.05) is 6.92 Å². The van der Waals surface area contributed by atoms with Gasteiger partial charge in [0, 0.05) is 23.9 Å². The SMILES string of the molecule is CCN(CC)S(=O)(=O)c1cccc(-c2nnc(S[C@H](C)c3ccc(F)cc3)o2)c1. The van der Waals surface area contributed by atoms with E-state index in [2.05, 4.69) is 10.2 Å². The molecular formula is C20H22FN3O3S2. The lowest BCUT2D eigenvalue weighted by molar-refractivity contribution is 0.445. The number of halogens is 1. The van der Waals surface area contributed by atoms with Crippen molar-refractivity contribution >= 4 is 21.8 Å². The molecule has 0 aliphatic rings. The quantitative estimate of drug-likeness (QED) is 0.475. The van der Waals surface area contributed by atoms with Gasteiger partial charge in [0.2, 0.25) is 15.9 Å². The van der Waals surface area contributed by atoms with Gasteiger partial charge in [-0.15, -0.1) is 10.2 Å². The molecule has 1 atom stereocenters. The molecule has 0 radical (unpaired) electrons. The Kier molecular flexibility index (Phi) is 6.71. The van der Waals surface area contributed by atoms with Crippen LogP contribution in [-0.4, -0.2) is 36.0 Å². The maximum atomic E-state index is 13.1. The van der Waals surface area contributed by atoms with E-state index in [-0.39, 0.29) is 21.9 Å². The van der Waals surface area contributed by atoms with Gasteiger partial charge in [0.1, 0.15) is 5.82 Å². The summed E-state index contributed by atoms with van der Waals surface area (Å²) in [7, 11) is -3.58. The lowest BCUT2D eigenvalue weighted by Crippen LogP contribution is -2.30. The van der Waals surface area contributed by atoms with E-state index < -0.39 is 10.0 Å². The summed E-state index contributed by atoms with van der Waals surface area (Å²) in [5.74, 6) is -0.0408. The van der Waals surface area contributed by atoms with Crippen LogP contribution >= 0.6 is 11.8 Å². The Morgan fingerprint density at radius 1 is 1.10 bits per heavy atom. The number of hydrogen-bond acceptors (Lipinski definition) is 6. The predicted octanol–water partition coefficient (Wildman–Crippen LogP) is 4.76. The van der Waals surface area contributed by atoms with Gasteiger partial charge in [-0.05, 0) is 42.8 Å². The summed E-state index contributed by atoms with van der Waals surface area (Å²) < 4.78 is 45.7. The smallest absolute Gasteiger partial charge is 0.277 e. The van der Waals surface area contributed by atoms with Crippen molar-refractivity contribution in [1.29, 1.82) is 0 Å². The monoisotopic (exact) mass is 435 g/mol. The maximum Gasteiger partial charge on any atom is 0.277 e. The van der Waals surface area contributed by atoms with Crippen molar-refractivity contribution in [2.75, 3.05) is 13.1 Å². The molecule has 6 nitrogen and oxygen atoms in total. The van der Waals surface area contributed by atoms with Gasteiger partial charge < -0.3 is 4.42 Å². The van der Waals surface area contributed by atoms with Crippen LogP contribution in [0.5, 0.6) is 0 Å². The van der Waals surface area contributed by atoms with Crippen molar-refractivity contribution in [3.05, 3.63) is 59.9 Å². The summed E-state index contributed by atoms with van der Waals surface area (Å²) in [6.45, 7) is 6.35. The molecule has 0 amide bonds. The van der Waals surface area contributed by atoms with Crippen molar-refractivity contribution in [1.82, 2.24) is 14.5 Å². The van der Waals surface area contributed by atoms with E-state index in [1.54, 1.807) is 50.2 Å². The van der Waals surface area contributed by atoms with Crippen LogP contribution in [-0.2, 0) is 10.0 Å². The normalized spacial score (nSPS) is 13.0. The van der Waals surface area contributed by atoms with E-state index in [0.29, 0.717) is 23.9 Å². The fraction of sp³-hybridized carbons (Fsp3) is 0.300. The van der Waals surface area contributed by atoms with E-state index in [9.17, 15) is 12.8 Å². The molecule has 3 rings (SSSR count). The highest BCUT2D eigenvalue weighted by Crippen LogP contribution is 2.35. The van der Waals surface area contributed by atoms with Crippen molar-refractivity contribution in [2.45, 2.75) is 36.1 Å². The Morgan fingerprint density at radius 2 is 1.79 bits per heavy atom. The van der Waals surface area contributed by atoms with Crippen molar-refractivity contribution in [2.24, 2.45) is 0 Å². The van der Waals surface area contributed by atoms with Gasteiger partial charge in [0.05, 0.1) is 4.90 Å². The Hall–Kier alpha value is -2.23. The van der Waals surface area contributed by atoms with Crippen LogP contribution in [0.25, 0.3) is 11.5 Å². The van der Waals surface area contributed by atoms with Crippen LogP contribution in [0.4, 0.5) is 4.39 Å². The minimum absolute atomic E-state index is 0.0155. The zero-order chi connectivity index (χ0) is 21.0. The van der Waals surface area contributed by atoms with Gasteiger partial charge in [0.25, 0.3) is 5.22 Å². The number of rotatable bonds is 8. The highest BCUT2D eigenvalue weighted by atomic mass is 32.2. The topological polar surface area (TPSA) is 76.3 Å². The van der Waals surface area contributed by atoms with Crippen LogP contribution < -0.4 is 0 Å². The number of benzene rings is 2. The summed E-state index contributed by atoms with van der Waals surface area (Å²) in [6, 6.07) is 12.7. The molecule has 0 N–H and O–H groups in total. The second-order valence-corrected chi connectivity index (χ2v) is 9.53. The minimum Gasteiger partial charge on any atom is -0.411 e.